The second-order valence-electron chi connectivity index (χ2n) is 6.43. The van der Waals surface area contributed by atoms with Crippen LogP contribution >= 0.6 is 11.6 Å². The van der Waals surface area contributed by atoms with Crippen molar-refractivity contribution >= 4 is 23.3 Å². The standard InChI is InChI=1S/C21H16ClFN4O2/c22-17-12-25-27(16-8-9-29-13-16)19(17)21(28)26-20-18(23)10-15(11-24-20)7-6-14-4-2-1-3-5-14/h1-5,10-12,16H,8-9,13H2,(H,24,26,28). The SMILES string of the molecule is O=C(Nc1ncc(C#Cc2ccccc2)cc1F)c1c(Cl)cnn1C1CCOC1. The van der Waals surface area contributed by atoms with Crippen LogP contribution in [0.2, 0.25) is 5.02 Å². The number of benzene rings is 1. The lowest BCUT2D eigenvalue weighted by atomic mass is 10.2. The van der Waals surface area contributed by atoms with E-state index in [1.165, 1.54) is 23.1 Å². The first-order valence-electron chi connectivity index (χ1n) is 8.96. The molecule has 1 unspecified atom stereocenters. The quantitative estimate of drug-likeness (QED) is 0.669. The fourth-order valence-electron chi connectivity index (χ4n) is 2.98. The van der Waals surface area contributed by atoms with E-state index in [9.17, 15) is 9.18 Å². The smallest absolute Gasteiger partial charge is 0.276 e. The molecule has 1 amide bonds. The Bertz CT molecular complexity index is 1100. The summed E-state index contributed by atoms with van der Waals surface area (Å²) in [5.41, 5.74) is 1.36. The molecule has 0 radical (unpaired) electrons. The molecule has 1 atom stereocenters. The summed E-state index contributed by atoms with van der Waals surface area (Å²) in [4.78, 5) is 16.7. The Labute approximate surface area is 171 Å². The summed E-state index contributed by atoms with van der Waals surface area (Å²) < 4.78 is 21.3. The number of carbonyl (C=O) groups excluding carboxylic acids is 1. The lowest BCUT2D eigenvalue weighted by Crippen LogP contribution is -2.22. The number of anilines is 1. The molecular weight excluding hydrogens is 395 g/mol. The Hall–Kier alpha value is -3.21. The fourth-order valence-corrected chi connectivity index (χ4v) is 3.19. The summed E-state index contributed by atoms with van der Waals surface area (Å²) in [5.74, 6) is 4.30. The Morgan fingerprint density at radius 1 is 1.24 bits per heavy atom. The van der Waals surface area contributed by atoms with E-state index in [4.69, 9.17) is 16.3 Å². The van der Waals surface area contributed by atoms with E-state index in [0.717, 1.165) is 12.0 Å². The summed E-state index contributed by atoms with van der Waals surface area (Å²) >= 11 is 6.13. The van der Waals surface area contributed by atoms with E-state index in [0.29, 0.717) is 18.8 Å². The molecule has 146 valence electrons. The number of halogens is 2. The molecule has 29 heavy (non-hydrogen) atoms. The Morgan fingerprint density at radius 3 is 2.76 bits per heavy atom. The van der Waals surface area contributed by atoms with Crippen LogP contribution < -0.4 is 5.32 Å². The number of rotatable bonds is 3. The Morgan fingerprint density at radius 2 is 2.03 bits per heavy atom. The minimum absolute atomic E-state index is 0.0864. The normalized spacial score (nSPS) is 15.6. The van der Waals surface area contributed by atoms with Crippen LogP contribution in [0.3, 0.4) is 0 Å². The van der Waals surface area contributed by atoms with E-state index < -0.39 is 11.7 Å². The van der Waals surface area contributed by atoms with Crippen molar-refractivity contribution in [2.24, 2.45) is 0 Å². The van der Waals surface area contributed by atoms with Gasteiger partial charge in [-0.25, -0.2) is 9.37 Å². The highest BCUT2D eigenvalue weighted by atomic mass is 35.5. The molecule has 1 N–H and O–H groups in total. The minimum Gasteiger partial charge on any atom is -0.379 e. The zero-order chi connectivity index (χ0) is 20.2. The van der Waals surface area contributed by atoms with Crippen LogP contribution in [0.25, 0.3) is 0 Å². The van der Waals surface area contributed by atoms with Gasteiger partial charge in [-0.05, 0) is 24.6 Å². The number of amides is 1. The number of hydrogen-bond donors (Lipinski definition) is 1. The van der Waals surface area contributed by atoms with Gasteiger partial charge in [0.1, 0.15) is 5.69 Å². The highest BCUT2D eigenvalue weighted by molar-refractivity contribution is 6.34. The maximum Gasteiger partial charge on any atom is 0.276 e. The van der Waals surface area contributed by atoms with Gasteiger partial charge in [0.25, 0.3) is 5.91 Å². The molecule has 1 aromatic carbocycles. The van der Waals surface area contributed by atoms with E-state index in [-0.39, 0.29) is 22.6 Å². The van der Waals surface area contributed by atoms with Crippen molar-refractivity contribution in [3.05, 3.63) is 76.5 Å². The molecule has 1 fully saturated rings. The van der Waals surface area contributed by atoms with Crippen molar-refractivity contribution in [2.45, 2.75) is 12.5 Å². The van der Waals surface area contributed by atoms with E-state index in [1.54, 1.807) is 0 Å². The molecule has 6 nitrogen and oxygen atoms in total. The zero-order valence-electron chi connectivity index (χ0n) is 15.2. The number of hydrogen-bond acceptors (Lipinski definition) is 4. The maximum absolute atomic E-state index is 14.5. The van der Waals surface area contributed by atoms with E-state index in [1.807, 2.05) is 30.3 Å². The van der Waals surface area contributed by atoms with Gasteiger partial charge in [0, 0.05) is 23.9 Å². The minimum atomic E-state index is -0.690. The summed E-state index contributed by atoms with van der Waals surface area (Å²) in [6, 6.07) is 10.5. The predicted octanol–water partition coefficient (Wildman–Crippen LogP) is 3.68. The molecule has 0 saturated carbocycles. The van der Waals surface area contributed by atoms with Crippen molar-refractivity contribution in [3.8, 4) is 11.8 Å². The molecular formula is C21H16ClFN4O2. The first kappa shape index (κ1) is 19.1. The monoisotopic (exact) mass is 410 g/mol. The van der Waals surface area contributed by atoms with Gasteiger partial charge in [0.15, 0.2) is 11.6 Å². The molecule has 8 heteroatoms. The number of nitrogens with zero attached hydrogens (tertiary/aromatic N) is 3. The number of aromatic nitrogens is 3. The molecule has 4 rings (SSSR count). The first-order valence-corrected chi connectivity index (χ1v) is 9.34. The largest absolute Gasteiger partial charge is 0.379 e. The highest BCUT2D eigenvalue weighted by Crippen LogP contribution is 2.25. The van der Waals surface area contributed by atoms with Gasteiger partial charge in [0.05, 0.1) is 23.9 Å². The van der Waals surface area contributed by atoms with Crippen LogP contribution in [0.4, 0.5) is 10.2 Å². The maximum atomic E-state index is 14.5. The van der Waals surface area contributed by atoms with Crippen LogP contribution in [-0.4, -0.2) is 33.9 Å². The van der Waals surface area contributed by atoms with Gasteiger partial charge in [-0.15, -0.1) is 0 Å². The van der Waals surface area contributed by atoms with Crippen molar-refractivity contribution < 1.29 is 13.9 Å². The molecule has 1 aliphatic rings. The van der Waals surface area contributed by atoms with Crippen molar-refractivity contribution in [1.82, 2.24) is 14.8 Å². The van der Waals surface area contributed by atoms with E-state index >= 15 is 0 Å². The number of ether oxygens (including phenoxy) is 1. The molecule has 3 aromatic rings. The lowest BCUT2D eigenvalue weighted by Gasteiger charge is -2.13. The van der Waals surface area contributed by atoms with Crippen LogP contribution in [0.5, 0.6) is 0 Å². The highest BCUT2D eigenvalue weighted by Gasteiger charge is 2.26. The Balaban J connectivity index is 1.52. The van der Waals surface area contributed by atoms with Crippen LogP contribution in [0.1, 0.15) is 34.1 Å². The van der Waals surface area contributed by atoms with Crippen LogP contribution in [-0.2, 0) is 4.74 Å². The van der Waals surface area contributed by atoms with Crippen LogP contribution in [0, 0.1) is 17.7 Å². The van der Waals surface area contributed by atoms with Gasteiger partial charge in [-0.3, -0.25) is 9.48 Å². The molecule has 0 aliphatic carbocycles. The average molecular weight is 411 g/mol. The molecule has 3 heterocycles. The third kappa shape index (κ3) is 4.29. The predicted molar refractivity (Wildman–Crippen MR) is 106 cm³/mol. The lowest BCUT2D eigenvalue weighted by molar-refractivity contribution is 0.101. The first-order chi connectivity index (χ1) is 14.1. The van der Waals surface area contributed by atoms with Gasteiger partial charge < -0.3 is 10.1 Å². The second kappa shape index (κ2) is 8.43. The van der Waals surface area contributed by atoms with Gasteiger partial charge in [-0.2, -0.15) is 5.10 Å². The number of pyridine rings is 1. The zero-order valence-corrected chi connectivity index (χ0v) is 16.0. The molecule has 1 saturated heterocycles. The summed E-state index contributed by atoms with van der Waals surface area (Å²) in [7, 11) is 0. The van der Waals surface area contributed by atoms with Crippen molar-refractivity contribution in [1.29, 1.82) is 0 Å². The second-order valence-corrected chi connectivity index (χ2v) is 6.83. The van der Waals surface area contributed by atoms with Gasteiger partial charge in [0.2, 0.25) is 0 Å². The summed E-state index contributed by atoms with van der Waals surface area (Å²) in [6.45, 7) is 1.03. The summed E-state index contributed by atoms with van der Waals surface area (Å²) in [5, 5.41) is 6.80. The van der Waals surface area contributed by atoms with Gasteiger partial charge in [-0.1, -0.05) is 41.6 Å². The van der Waals surface area contributed by atoms with E-state index in [2.05, 4.69) is 27.2 Å². The fraction of sp³-hybridized carbons (Fsp3) is 0.190. The third-order valence-corrected chi connectivity index (χ3v) is 4.69. The van der Waals surface area contributed by atoms with Crippen molar-refractivity contribution in [3.63, 3.8) is 0 Å². The third-order valence-electron chi connectivity index (χ3n) is 4.42. The number of carbonyl (C=O) groups is 1. The molecule has 1 aliphatic heterocycles. The van der Waals surface area contributed by atoms with Crippen molar-refractivity contribution in [2.75, 3.05) is 18.5 Å². The van der Waals surface area contributed by atoms with Crippen LogP contribution in [0.15, 0.2) is 48.8 Å². The average Bonchev–Trinajstić information content (AvgIpc) is 3.38. The number of nitrogens with one attached hydrogen (secondary N) is 1. The molecule has 0 spiro atoms. The van der Waals surface area contributed by atoms with Gasteiger partial charge >= 0.3 is 0 Å². The molecule has 2 aromatic heterocycles. The molecule has 0 bridgehead atoms. The Kier molecular flexibility index (Phi) is 5.56. The topological polar surface area (TPSA) is 69.0 Å². The summed E-state index contributed by atoms with van der Waals surface area (Å²) in [6.07, 6.45) is 3.51.